The molecule has 1 fully saturated rings. The first-order valence-corrected chi connectivity index (χ1v) is 5.72. The highest BCUT2D eigenvalue weighted by Gasteiger charge is 2.33. The third-order valence-electron chi connectivity index (χ3n) is 2.69. The van der Waals surface area contributed by atoms with Crippen LogP contribution in [0.15, 0.2) is 24.3 Å². The molecule has 0 unspecified atom stereocenters. The number of nitrogens with one attached hydrogen (secondary N) is 1. The molecule has 1 aromatic rings. The third-order valence-corrected chi connectivity index (χ3v) is 2.69. The average molecular weight is 314 g/mol. The van der Waals surface area contributed by atoms with E-state index in [0.717, 1.165) is 0 Å². The van der Waals surface area contributed by atoms with Crippen molar-refractivity contribution in [2.75, 3.05) is 0 Å². The maximum atomic E-state index is 11.7. The summed E-state index contributed by atoms with van der Waals surface area (Å²) in [5.74, 6) is 2.50. The van der Waals surface area contributed by atoms with Gasteiger partial charge in [0.05, 0.1) is 5.56 Å². The number of benzene rings is 1. The van der Waals surface area contributed by atoms with Crippen molar-refractivity contribution >= 4 is 36.1 Å². The van der Waals surface area contributed by atoms with Gasteiger partial charge in [-0.3, -0.25) is 19.8 Å². The number of imide groups is 1. The van der Waals surface area contributed by atoms with E-state index in [0.29, 0.717) is 5.06 Å². The Morgan fingerprint density at radius 1 is 1.05 bits per heavy atom. The molecule has 0 spiro atoms. The molecule has 0 aliphatic carbocycles. The van der Waals surface area contributed by atoms with Crippen LogP contribution in [0.25, 0.3) is 0 Å². The number of hydrogen-bond donors (Lipinski definition) is 2. The first-order chi connectivity index (χ1) is 9.52. The number of hydrogen-bond acceptors (Lipinski definition) is 6. The van der Waals surface area contributed by atoms with Crippen molar-refractivity contribution in [1.29, 1.82) is 0 Å². The summed E-state index contributed by atoms with van der Waals surface area (Å²) in [6.45, 7) is 0. The van der Waals surface area contributed by atoms with Gasteiger partial charge in [0.25, 0.3) is 17.7 Å². The van der Waals surface area contributed by atoms with E-state index in [9.17, 15) is 19.2 Å². The third kappa shape index (κ3) is 3.56. The standard InChI is InChI=1S/C12H11N3O5.ClH/c13-14-11(18)7-1-3-8(4-2-7)12(19)20-15-9(16)5-6-10(15)17;/h1-4H,5-6,13H2,(H,14,18);1H. The molecule has 2 rings (SSSR count). The molecule has 1 heterocycles. The molecule has 1 saturated heterocycles. The van der Waals surface area contributed by atoms with Crippen molar-refractivity contribution in [1.82, 2.24) is 10.5 Å². The van der Waals surface area contributed by atoms with Crippen LogP contribution in [-0.4, -0.2) is 28.8 Å². The smallest absolute Gasteiger partial charge is 0.325 e. The van der Waals surface area contributed by atoms with Crippen LogP contribution in [0, 0.1) is 0 Å². The zero-order chi connectivity index (χ0) is 14.7. The largest absolute Gasteiger partial charge is 0.363 e. The maximum Gasteiger partial charge on any atom is 0.363 e. The van der Waals surface area contributed by atoms with E-state index in [2.05, 4.69) is 0 Å². The summed E-state index contributed by atoms with van der Waals surface area (Å²) >= 11 is 0. The predicted octanol–water partition coefficient (Wildman–Crippen LogP) is -0.0673. The number of hydroxylamine groups is 2. The van der Waals surface area contributed by atoms with Gasteiger partial charge < -0.3 is 4.84 Å². The van der Waals surface area contributed by atoms with E-state index < -0.39 is 23.7 Å². The van der Waals surface area contributed by atoms with E-state index in [4.69, 9.17) is 10.7 Å². The Labute approximate surface area is 125 Å². The van der Waals surface area contributed by atoms with Gasteiger partial charge in [0, 0.05) is 18.4 Å². The molecule has 9 heteroatoms. The zero-order valence-corrected chi connectivity index (χ0v) is 11.5. The molecule has 1 aliphatic heterocycles. The van der Waals surface area contributed by atoms with Crippen LogP contribution in [0.2, 0.25) is 0 Å². The van der Waals surface area contributed by atoms with Crippen LogP contribution >= 0.6 is 12.4 Å². The van der Waals surface area contributed by atoms with E-state index >= 15 is 0 Å². The number of nitrogen functional groups attached to an aromatic ring is 1. The summed E-state index contributed by atoms with van der Waals surface area (Å²) in [6, 6.07) is 5.40. The normalized spacial score (nSPS) is 13.7. The summed E-state index contributed by atoms with van der Waals surface area (Å²) in [4.78, 5) is 50.3. The second-order valence-electron chi connectivity index (χ2n) is 4.01. The van der Waals surface area contributed by atoms with Crippen LogP contribution < -0.4 is 11.3 Å². The molecule has 0 radical (unpaired) electrons. The molecule has 0 aromatic heterocycles. The molecule has 1 aliphatic rings. The average Bonchev–Trinajstić information content (AvgIpc) is 2.78. The van der Waals surface area contributed by atoms with Gasteiger partial charge >= 0.3 is 5.97 Å². The van der Waals surface area contributed by atoms with Crippen molar-refractivity contribution < 1.29 is 24.0 Å². The number of halogens is 1. The fourth-order valence-corrected chi connectivity index (χ4v) is 1.63. The molecule has 3 N–H and O–H groups in total. The predicted molar refractivity (Wildman–Crippen MR) is 71.8 cm³/mol. The van der Waals surface area contributed by atoms with Gasteiger partial charge in [-0.05, 0) is 24.3 Å². The molecule has 0 bridgehead atoms. The van der Waals surface area contributed by atoms with Gasteiger partial charge in [0.2, 0.25) is 0 Å². The Hall–Kier alpha value is -2.45. The molecule has 8 nitrogen and oxygen atoms in total. The number of rotatable bonds is 3. The van der Waals surface area contributed by atoms with Gasteiger partial charge in [0.1, 0.15) is 0 Å². The van der Waals surface area contributed by atoms with E-state index in [1.54, 1.807) is 0 Å². The van der Waals surface area contributed by atoms with E-state index in [1.165, 1.54) is 24.3 Å². The summed E-state index contributed by atoms with van der Waals surface area (Å²) in [7, 11) is 0. The van der Waals surface area contributed by atoms with Crippen LogP contribution in [0.3, 0.4) is 0 Å². The Morgan fingerprint density at radius 2 is 1.52 bits per heavy atom. The highest BCUT2D eigenvalue weighted by molar-refractivity contribution is 6.03. The topological polar surface area (TPSA) is 119 Å². The monoisotopic (exact) mass is 313 g/mol. The minimum Gasteiger partial charge on any atom is -0.325 e. The van der Waals surface area contributed by atoms with Gasteiger partial charge in [-0.15, -0.1) is 17.5 Å². The highest BCUT2D eigenvalue weighted by Crippen LogP contribution is 2.14. The molecule has 1 aromatic carbocycles. The number of carbonyl (C=O) groups is 4. The van der Waals surface area contributed by atoms with Crippen molar-refractivity contribution in [2.24, 2.45) is 5.84 Å². The summed E-state index contributed by atoms with van der Waals surface area (Å²) < 4.78 is 0. The molecular formula is C12H12ClN3O5. The lowest BCUT2D eigenvalue weighted by atomic mass is 10.1. The Balaban J connectivity index is 0.00000220. The Kier molecular flexibility index (Phi) is 5.39. The Bertz CT molecular complexity index is 571. The summed E-state index contributed by atoms with van der Waals surface area (Å²) in [6.07, 6.45) is 0.0590. The van der Waals surface area contributed by atoms with Gasteiger partial charge in [-0.25, -0.2) is 10.6 Å². The minimum atomic E-state index is -0.853. The van der Waals surface area contributed by atoms with Crippen molar-refractivity contribution in [3.05, 3.63) is 35.4 Å². The fourth-order valence-electron chi connectivity index (χ4n) is 1.63. The zero-order valence-electron chi connectivity index (χ0n) is 10.7. The maximum absolute atomic E-state index is 11.7. The van der Waals surface area contributed by atoms with Crippen LogP contribution in [0.1, 0.15) is 33.6 Å². The molecular weight excluding hydrogens is 302 g/mol. The first kappa shape index (κ1) is 16.6. The van der Waals surface area contributed by atoms with E-state index in [1.807, 2.05) is 5.43 Å². The van der Waals surface area contributed by atoms with E-state index in [-0.39, 0.29) is 36.4 Å². The lowest BCUT2D eigenvalue weighted by Crippen LogP contribution is -2.32. The Morgan fingerprint density at radius 3 is 2.00 bits per heavy atom. The van der Waals surface area contributed by atoms with Crippen LogP contribution in [0.4, 0.5) is 0 Å². The minimum absolute atomic E-state index is 0. The number of nitrogens with zero attached hydrogens (tertiary/aromatic N) is 1. The lowest BCUT2D eigenvalue weighted by Gasteiger charge is -2.12. The SMILES string of the molecule is Cl.NNC(=O)c1ccc(C(=O)ON2C(=O)CCC2=O)cc1. The molecule has 112 valence electrons. The first-order valence-electron chi connectivity index (χ1n) is 5.72. The molecule has 0 saturated carbocycles. The second kappa shape index (κ2) is 6.82. The van der Waals surface area contributed by atoms with Gasteiger partial charge in [-0.1, -0.05) is 0 Å². The van der Waals surface area contributed by atoms with Crippen LogP contribution in [-0.2, 0) is 14.4 Å². The molecule has 3 amide bonds. The van der Waals surface area contributed by atoms with Crippen LogP contribution in [0.5, 0.6) is 0 Å². The van der Waals surface area contributed by atoms with Crippen molar-refractivity contribution in [3.63, 3.8) is 0 Å². The second-order valence-corrected chi connectivity index (χ2v) is 4.01. The van der Waals surface area contributed by atoms with Crippen molar-refractivity contribution in [2.45, 2.75) is 12.8 Å². The molecule has 0 atom stereocenters. The number of nitrogens with two attached hydrogens (primary N) is 1. The number of amides is 3. The number of carbonyl (C=O) groups excluding carboxylic acids is 4. The quantitative estimate of drug-likeness (QED) is 0.349. The number of hydrazine groups is 1. The fraction of sp³-hybridized carbons (Fsp3) is 0.167. The van der Waals surface area contributed by atoms with Gasteiger partial charge in [0.15, 0.2) is 0 Å². The van der Waals surface area contributed by atoms with Gasteiger partial charge in [-0.2, -0.15) is 0 Å². The van der Waals surface area contributed by atoms with Crippen molar-refractivity contribution in [3.8, 4) is 0 Å². The molecule has 21 heavy (non-hydrogen) atoms. The lowest BCUT2D eigenvalue weighted by molar-refractivity contribution is -0.172. The summed E-state index contributed by atoms with van der Waals surface area (Å²) in [5, 5.41) is 0.461. The highest BCUT2D eigenvalue weighted by atomic mass is 35.5. The summed E-state index contributed by atoms with van der Waals surface area (Å²) in [5.41, 5.74) is 2.31.